The number of ether oxygens (including phenoxy) is 1. The largest absolute Gasteiger partial charge is 0.477 e. The summed E-state index contributed by atoms with van der Waals surface area (Å²) < 4.78 is 30.2. The lowest BCUT2D eigenvalue weighted by Gasteiger charge is -2.20. The molecule has 0 aromatic carbocycles. The molecule has 0 aliphatic rings. The second-order valence-corrected chi connectivity index (χ2v) is 4.23. The molecule has 0 saturated heterocycles. The second-order valence-electron chi connectivity index (χ2n) is 2.40. The molecule has 0 spiro atoms. The van der Waals surface area contributed by atoms with E-state index in [1.165, 1.54) is 14.2 Å². The van der Waals surface area contributed by atoms with Crippen molar-refractivity contribution in [2.75, 3.05) is 14.2 Å². The monoisotopic (exact) mass is 238 g/mol. The minimum Gasteiger partial charge on any atom is -0.432 e. The number of carbonyl (C=O) groups is 1. The summed E-state index contributed by atoms with van der Waals surface area (Å²) in [5.41, 5.74) is 0. The Morgan fingerprint density at radius 1 is 1.47 bits per heavy atom. The standard InChI is InChI=1S/C8H15O6P/c1-5-7(9)13-8(6-2)14-15(10,11-3)12-4/h5,8H,1,6H2,2-4H3. The van der Waals surface area contributed by atoms with Crippen molar-refractivity contribution in [3.05, 3.63) is 12.7 Å². The predicted octanol–water partition coefficient (Wildman–Crippen LogP) is 1.87. The molecule has 0 heterocycles. The maximum Gasteiger partial charge on any atom is 0.477 e. The summed E-state index contributed by atoms with van der Waals surface area (Å²) in [6.45, 7) is 4.91. The van der Waals surface area contributed by atoms with E-state index >= 15 is 0 Å². The average molecular weight is 238 g/mol. The van der Waals surface area contributed by atoms with Gasteiger partial charge in [-0.1, -0.05) is 13.5 Å². The molecule has 0 saturated carbocycles. The first-order valence-electron chi connectivity index (χ1n) is 4.24. The molecule has 0 N–H and O–H groups in total. The SMILES string of the molecule is C=CC(=O)OC(CC)OP(=O)(OC)OC. The topological polar surface area (TPSA) is 71.1 Å². The third kappa shape index (κ3) is 5.09. The number of phosphoric ester groups is 1. The van der Waals surface area contributed by atoms with Crippen molar-refractivity contribution in [3.8, 4) is 0 Å². The fourth-order valence-electron chi connectivity index (χ4n) is 0.662. The normalized spacial score (nSPS) is 13.3. The highest BCUT2D eigenvalue weighted by Crippen LogP contribution is 2.49. The summed E-state index contributed by atoms with van der Waals surface area (Å²) in [5.74, 6) is -0.666. The minimum atomic E-state index is -3.63. The Balaban J connectivity index is 4.37. The summed E-state index contributed by atoms with van der Waals surface area (Å²) in [6, 6.07) is 0. The van der Waals surface area contributed by atoms with Crippen LogP contribution < -0.4 is 0 Å². The molecule has 0 aromatic heterocycles. The third-order valence-corrected chi connectivity index (χ3v) is 2.83. The number of rotatable bonds is 7. The van der Waals surface area contributed by atoms with Crippen LogP contribution in [0.4, 0.5) is 0 Å². The highest BCUT2D eigenvalue weighted by Gasteiger charge is 2.28. The Hall–Kier alpha value is -0.680. The zero-order chi connectivity index (χ0) is 11.9. The van der Waals surface area contributed by atoms with Crippen LogP contribution in [0.25, 0.3) is 0 Å². The van der Waals surface area contributed by atoms with Gasteiger partial charge in [-0.2, -0.15) is 0 Å². The molecule has 0 radical (unpaired) electrons. The van der Waals surface area contributed by atoms with Gasteiger partial charge in [0.25, 0.3) is 0 Å². The molecular formula is C8H15O6P. The lowest BCUT2D eigenvalue weighted by Crippen LogP contribution is -2.19. The summed E-state index contributed by atoms with van der Waals surface area (Å²) >= 11 is 0. The maximum atomic E-state index is 11.5. The molecule has 1 atom stereocenters. The van der Waals surface area contributed by atoms with E-state index in [1.807, 2.05) is 0 Å². The lowest BCUT2D eigenvalue weighted by atomic mass is 10.5. The number of hydrogen-bond acceptors (Lipinski definition) is 6. The van der Waals surface area contributed by atoms with Crippen LogP contribution in [0.2, 0.25) is 0 Å². The van der Waals surface area contributed by atoms with Gasteiger partial charge in [0, 0.05) is 26.7 Å². The maximum absolute atomic E-state index is 11.5. The molecule has 15 heavy (non-hydrogen) atoms. The number of phosphoric acid groups is 1. The van der Waals surface area contributed by atoms with Gasteiger partial charge in [0.15, 0.2) is 0 Å². The smallest absolute Gasteiger partial charge is 0.432 e. The fourth-order valence-corrected chi connectivity index (χ4v) is 1.46. The molecule has 7 heteroatoms. The summed E-state index contributed by atoms with van der Waals surface area (Å²) in [5, 5.41) is 0. The van der Waals surface area contributed by atoms with Crippen LogP contribution in [0.15, 0.2) is 12.7 Å². The average Bonchev–Trinajstić information content (AvgIpc) is 2.27. The zero-order valence-corrected chi connectivity index (χ0v) is 9.86. The molecule has 88 valence electrons. The Morgan fingerprint density at radius 3 is 2.33 bits per heavy atom. The molecule has 0 aromatic rings. The number of hydrogen-bond donors (Lipinski definition) is 0. The van der Waals surface area contributed by atoms with Crippen molar-refractivity contribution < 1.29 is 27.7 Å². The Bertz CT molecular complexity index is 256. The summed E-state index contributed by atoms with van der Waals surface area (Å²) in [7, 11) is -1.29. The van der Waals surface area contributed by atoms with Gasteiger partial charge in [-0.15, -0.1) is 0 Å². The molecule has 0 bridgehead atoms. The molecule has 6 nitrogen and oxygen atoms in total. The van der Waals surface area contributed by atoms with Gasteiger partial charge in [0.05, 0.1) is 0 Å². The van der Waals surface area contributed by atoms with E-state index < -0.39 is 20.1 Å². The van der Waals surface area contributed by atoms with Crippen LogP contribution in [0.1, 0.15) is 13.3 Å². The van der Waals surface area contributed by atoms with Crippen LogP contribution in [-0.4, -0.2) is 26.5 Å². The molecule has 0 aliphatic carbocycles. The highest BCUT2D eigenvalue weighted by atomic mass is 31.2. The van der Waals surface area contributed by atoms with Crippen LogP contribution >= 0.6 is 7.82 Å². The van der Waals surface area contributed by atoms with Crippen LogP contribution in [0, 0.1) is 0 Å². The van der Waals surface area contributed by atoms with E-state index in [0.717, 1.165) is 6.08 Å². The quantitative estimate of drug-likeness (QED) is 0.292. The van der Waals surface area contributed by atoms with Crippen molar-refractivity contribution in [2.24, 2.45) is 0 Å². The Morgan fingerprint density at radius 2 is 2.00 bits per heavy atom. The van der Waals surface area contributed by atoms with Crippen LogP contribution in [0.5, 0.6) is 0 Å². The molecular weight excluding hydrogens is 223 g/mol. The highest BCUT2D eigenvalue weighted by molar-refractivity contribution is 7.48. The van der Waals surface area contributed by atoms with Gasteiger partial charge in [-0.05, 0) is 0 Å². The van der Waals surface area contributed by atoms with E-state index in [2.05, 4.69) is 15.6 Å². The van der Waals surface area contributed by atoms with Crippen molar-refractivity contribution in [2.45, 2.75) is 19.6 Å². The van der Waals surface area contributed by atoms with E-state index in [0.29, 0.717) is 6.42 Å². The zero-order valence-electron chi connectivity index (χ0n) is 8.97. The van der Waals surface area contributed by atoms with Crippen molar-refractivity contribution in [1.82, 2.24) is 0 Å². The van der Waals surface area contributed by atoms with Gasteiger partial charge in [-0.3, -0.25) is 9.05 Å². The van der Waals surface area contributed by atoms with E-state index in [-0.39, 0.29) is 0 Å². The van der Waals surface area contributed by atoms with Gasteiger partial charge in [0.1, 0.15) is 0 Å². The van der Waals surface area contributed by atoms with Gasteiger partial charge in [-0.25, -0.2) is 13.9 Å². The molecule has 0 rings (SSSR count). The van der Waals surface area contributed by atoms with Crippen molar-refractivity contribution >= 4 is 13.8 Å². The predicted molar refractivity (Wildman–Crippen MR) is 53.1 cm³/mol. The first kappa shape index (κ1) is 14.3. The van der Waals surface area contributed by atoms with Gasteiger partial charge in [0.2, 0.25) is 6.29 Å². The molecule has 1 unspecified atom stereocenters. The molecule has 0 fully saturated rings. The number of esters is 1. The lowest BCUT2D eigenvalue weighted by molar-refractivity contribution is -0.160. The van der Waals surface area contributed by atoms with Gasteiger partial charge < -0.3 is 4.74 Å². The summed E-state index contributed by atoms with van der Waals surface area (Å²) in [4.78, 5) is 10.9. The Kier molecular flexibility index (Phi) is 6.43. The van der Waals surface area contributed by atoms with Gasteiger partial charge >= 0.3 is 13.8 Å². The molecule has 0 amide bonds. The third-order valence-electron chi connectivity index (χ3n) is 1.44. The van der Waals surface area contributed by atoms with Crippen LogP contribution in [-0.2, 0) is 27.7 Å². The first-order chi connectivity index (χ1) is 7.01. The van der Waals surface area contributed by atoms with Crippen LogP contribution in [0.3, 0.4) is 0 Å². The van der Waals surface area contributed by atoms with E-state index in [9.17, 15) is 9.36 Å². The minimum absolute atomic E-state index is 0.316. The summed E-state index contributed by atoms with van der Waals surface area (Å²) in [6.07, 6.45) is 0.313. The Labute approximate surface area is 88.8 Å². The van der Waals surface area contributed by atoms with Crippen molar-refractivity contribution in [1.29, 1.82) is 0 Å². The van der Waals surface area contributed by atoms with E-state index in [4.69, 9.17) is 9.26 Å². The van der Waals surface area contributed by atoms with Crippen molar-refractivity contribution in [3.63, 3.8) is 0 Å². The fraction of sp³-hybridized carbons (Fsp3) is 0.625. The van der Waals surface area contributed by atoms with E-state index in [1.54, 1.807) is 6.92 Å². The molecule has 0 aliphatic heterocycles. The number of carbonyl (C=O) groups excluding carboxylic acids is 1. The second kappa shape index (κ2) is 6.74. The first-order valence-corrected chi connectivity index (χ1v) is 5.70.